The van der Waals surface area contributed by atoms with Gasteiger partial charge >= 0.3 is 0 Å². The fourth-order valence-electron chi connectivity index (χ4n) is 3.57. The van der Waals surface area contributed by atoms with Crippen molar-refractivity contribution in [3.63, 3.8) is 0 Å². The molecule has 1 fully saturated rings. The molecule has 2 aromatic rings. The number of rotatable bonds is 7. The van der Waals surface area contributed by atoms with Gasteiger partial charge in [0.05, 0.1) is 12.5 Å². The Morgan fingerprint density at radius 3 is 2.46 bits per heavy atom. The maximum atomic E-state index is 12.8. The Balaban J connectivity index is 1.54. The van der Waals surface area contributed by atoms with Gasteiger partial charge in [0, 0.05) is 20.1 Å². The van der Waals surface area contributed by atoms with Crippen LogP contribution in [0, 0.1) is 5.92 Å². The Kier molecular flexibility index (Phi) is 6.66. The number of likely N-dealkylation sites (tertiary alicyclic amines) is 1. The van der Waals surface area contributed by atoms with Crippen molar-refractivity contribution in [2.75, 3.05) is 26.7 Å². The summed E-state index contributed by atoms with van der Waals surface area (Å²) in [6.45, 7) is 2.17. The number of hydrogen-bond acceptors (Lipinski definition) is 4. The lowest BCUT2D eigenvalue weighted by Gasteiger charge is -2.33. The summed E-state index contributed by atoms with van der Waals surface area (Å²) in [7, 11) is 1.82. The number of primary amides is 1. The Morgan fingerprint density at radius 2 is 1.79 bits per heavy atom. The van der Waals surface area contributed by atoms with Crippen molar-refractivity contribution in [2.45, 2.75) is 19.4 Å². The molecule has 6 nitrogen and oxygen atoms in total. The average Bonchev–Trinajstić information content (AvgIpc) is 2.69. The second-order valence-corrected chi connectivity index (χ2v) is 7.29. The number of carbonyl (C=O) groups is 2. The molecule has 28 heavy (non-hydrogen) atoms. The van der Waals surface area contributed by atoms with Crippen LogP contribution in [0.25, 0.3) is 0 Å². The molecule has 0 bridgehead atoms. The molecular formula is C22H27N3O3. The zero-order valence-corrected chi connectivity index (χ0v) is 16.2. The molecule has 0 aliphatic carbocycles. The molecule has 2 amide bonds. The van der Waals surface area contributed by atoms with E-state index < -0.39 is 0 Å². The van der Waals surface area contributed by atoms with Crippen LogP contribution in [0.15, 0.2) is 54.6 Å². The molecule has 2 aromatic carbocycles. The average molecular weight is 381 g/mol. The highest BCUT2D eigenvalue weighted by molar-refractivity contribution is 5.79. The van der Waals surface area contributed by atoms with Crippen molar-refractivity contribution >= 4 is 11.8 Å². The number of benzene rings is 2. The largest absolute Gasteiger partial charge is 0.457 e. The van der Waals surface area contributed by atoms with E-state index in [1.807, 2.05) is 66.5 Å². The Labute approximate surface area is 165 Å². The number of amides is 2. The van der Waals surface area contributed by atoms with Crippen molar-refractivity contribution < 1.29 is 14.3 Å². The maximum Gasteiger partial charge on any atom is 0.231 e. The van der Waals surface area contributed by atoms with E-state index in [2.05, 4.69) is 0 Å². The molecule has 3 rings (SSSR count). The fourth-order valence-corrected chi connectivity index (χ4v) is 3.57. The van der Waals surface area contributed by atoms with Crippen LogP contribution in [-0.2, 0) is 16.1 Å². The van der Waals surface area contributed by atoms with Gasteiger partial charge in [0.15, 0.2) is 0 Å². The zero-order valence-electron chi connectivity index (χ0n) is 16.2. The summed E-state index contributed by atoms with van der Waals surface area (Å²) in [5.74, 6) is 1.23. The van der Waals surface area contributed by atoms with Gasteiger partial charge in [0.25, 0.3) is 0 Å². The van der Waals surface area contributed by atoms with E-state index in [9.17, 15) is 9.59 Å². The van der Waals surface area contributed by atoms with Gasteiger partial charge in [-0.05, 0) is 49.2 Å². The molecule has 1 heterocycles. The van der Waals surface area contributed by atoms with E-state index in [-0.39, 0.29) is 24.3 Å². The quantitative estimate of drug-likeness (QED) is 0.800. The van der Waals surface area contributed by atoms with E-state index in [1.165, 1.54) is 0 Å². The minimum absolute atomic E-state index is 0.0845. The van der Waals surface area contributed by atoms with Crippen molar-refractivity contribution in [3.05, 3.63) is 60.2 Å². The lowest BCUT2D eigenvalue weighted by molar-refractivity contribution is -0.137. The first-order chi connectivity index (χ1) is 13.5. The number of para-hydroxylation sites is 1. The topological polar surface area (TPSA) is 75.9 Å². The number of piperidine rings is 1. The van der Waals surface area contributed by atoms with E-state index >= 15 is 0 Å². The van der Waals surface area contributed by atoms with Crippen LogP contribution in [-0.4, -0.2) is 48.3 Å². The number of carbonyl (C=O) groups excluding carboxylic acids is 2. The molecule has 2 N–H and O–H groups in total. The van der Waals surface area contributed by atoms with Gasteiger partial charge in [0.1, 0.15) is 11.5 Å². The molecule has 0 aromatic heterocycles. The molecule has 0 spiro atoms. The van der Waals surface area contributed by atoms with Crippen LogP contribution in [0.4, 0.5) is 0 Å². The third-order valence-electron chi connectivity index (χ3n) is 4.93. The van der Waals surface area contributed by atoms with E-state index in [0.717, 1.165) is 36.4 Å². The zero-order chi connectivity index (χ0) is 19.9. The molecule has 1 aliphatic heterocycles. The number of ether oxygens (including phenoxy) is 1. The predicted octanol–water partition coefficient (Wildman–Crippen LogP) is 2.63. The van der Waals surface area contributed by atoms with Gasteiger partial charge in [0.2, 0.25) is 11.8 Å². The van der Waals surface area contributed by atoms with Crippen molar-refractivity contribution in [1.82, 2.24) is 9.80 Å². The SMILES string of the molecule is CN(Cc1ccc(Oc2ccccc2)cc1)C(=O)[C@@H]1CCCN(CC(N)=O)C1. The summed E-state index contributed by atoms with van der Waals surface area (Å²) in [6.07, 6.45) is 1.76. The summed E-state index contributed by atoms with van der Waals surface area (Å²) in [4.78, 5) is 27.7. The molecule has 1 atom stereocenters. The molecule has 6 heteroatoms. The van der Waals surface area contributed by atoms with Gasteiger partial charge in [-0.1, -0.05) is 30.3 Å². The molecule has 0 radical (unpaired) electrons. The smallest absolute Gasteiger partial charge is 0.231 e. The van der Waals surface area contributed by atoms with Crippen molar-refractivity contribution in [2.24, 2.45) is 11.7 Å². The van der Waals surface area contributed by atoms with E-state index in [1.54, 1.807) is 4.90 Å². The van der Waals surface area contributed by atoms with Gasteiger partial charge in [-0.2, -0.15) is 0 Å². The van der Waals surface area contributed by atoms with Crippen LogP contribution >= 0.6 is 0 Å². The monoisotopic (exact) mass is 381 g/mol. The van der Waals surface area contributed by atoms with Crippen LogP contribution in [0.5, 0.6) is 11.5 Å². The molecule has 0 unspecified atom stereocenters. The highest BCUT2D eigenvalue weighted by atomic mass is 16.5. The van der Waals surface area contributed by atoms with Crippen LogP contribution in [0.1, 0.15) is 18.4 Å². The predicted molar refractivity (Wildman–Crippen MR) is 108 cm³/mol. The normalized spacial score (nSPS) is 17.1. The summed E-state index contributed by atoms with van der Waals surface area (Å²) in [5, 5.41) is 0. The van der Waals surface area contributed by atoms with Crippen molar-refractivity contribution in [1.29, 1.82) is 0 Å². The van der Waals surface area contributed by atoms with Crippen LogP contribution < -0.4 is 10.5 Å². The first-order valence-electron chi connectivity index (χ1n) is 9.59. The Morgan fingerprint density at radius 1 is 1.11 bits per heavy atom. The highest BCUT2D eigenvalue weighted by Crippen LogP contribution is 2.22. The summed E-state index contributed by atoms with van der Waals surface area (Å²) in [6, 6.07) is 17.4. The highest BCUT2D eigenvalue weighted by Gasteiger charge is 2.28. The molecule has 1 aliphatic rings. The lowest BCUT2D eigenvalue weighted by atomic mass is 9.96. The van der Waals surface area contributed by atoms with Crippen LogP contribution in [0.3, 0.4) is 0 Å². The minimum Gasteiger partial charge on any atom is -0.457 e. The van der Waals surface area contributed by atoms with Crippen molar-refractivity contribution in [3.8, 4) is 11.5 Å². The summed E-state index contributed by atoms with van der Waals surface area (Å²) in [5.41, 5.74) is 6.32. The molecule has 0 saturated carbocycles. The second kappa shape index (κ2) is 9.37. The van der Waals surface area contributed by atoms with Gasteiger partial charge < -0.3 is 15.4 Å². The second-order valence-electron chi connectivity index (χ2n) is 7.29. The lowest BCUT2D eigenvalue weighted by Crippen LogP contribution is -2.46. The standard InChI is InChI=1S/C22H27N3O3/c1-24(22(27)18-6-5-13-25(15-18)16-21(23)26)14-17-9-11-20(12-10-17)28-19-7-3-2-4-8-19/h2-4,7-12,18H,5-6,13-16H2,1H3,(H2,23,26)/t18-/m1/s1. The van der Waals surface area contributed by atoms with Gasteiger partial charge in [-0.15, -0.1) is 0 Å². The first-order valence-corrected chi connectivity index (χ1v) is 9.59. The number of hydrogen-bond donors (Lipinski definition) is 1. The first kappa shape index (κ1) is 19.9. The van der Waals surface area contributed by atoms with Crippen LogP contribution in [0.2, 0.25) is 0 Å². The molecular weight excluding hydrogens is 354 g/mol. The third kappa shape index (κ3) is 5.57. The van der Waals surface area contributed by atoms with Gasteiger partial charge in [-0.3, -0.25) is 14.5 Å². The third-order valence-corrected chi connectivity index (χ3v) is 4.93. The number of nitrogens with two attached hydrogens (primary N) is 1. The van der Waals surface area contributed by atoms with Gasteiger partial charge in [-0.25, -0.2) is 0 Å². The van der Waals surface area contributed by atoms with E-state index in [0.29, 0.717) is 13.1 Å². The molecule has 1 saturated heterocycles. The summed E-state index contributed by atoms with van der Waals surface area (Å²) < 4.78 is 5.80. The Hall–Kier alpha value is -2.86. The Bertz CT molecular complexity index is 792. The number of nitrogens with zero attached hydrogens (tertiary/aromatic N) is 2. The molecule has 148 valence electrons. The minimum atomic E-state index is -0.348. The maximum absolute atomic E-state index is 12.8. The summed E-state index contributed by atoms with van der Waals surface area (Å²) >= 11 is 0. The fraction of sp³-hybridized carbons (Fsp3) is 0.364. The van der Waals surface area contributed by atoms with E-state index in [4.69, 9.17) is 10.5 Å².